The zero-order valence-corrected chi connectivity index (χ0v) is 18.2. The summed E-state index contributed by atoms with van der Waals surface area (Å²) in [6.07, 6.45) is 0. The van der Waals surface area contributed by atoms with Crippen molar-refractivity contribution in [2.45, 2.75) is 12.8 Å². The Bertz CT molecular complexity index is 1160. The van der Waals surface area contributed by atoms with Crippen LogP contribution in [0.5, 0.6) is 5.75 Å². The van der Waals surface area contributed by atoms with Gasteiger partial charge in [-0.1, -0.05) is 42.5 Å². The van der Waals surface area contributed by atoms with Crippen molar-refractivity contribution < 1.29 is 23.8 Å². The predicted molar refractivity (Wildman–Crippen MR) is 117 cm³/mol. The minimum Gasteiger partial charge on any atom is -0.495 e. The van der Waals surface area contributed by atoms with E-state index in [0.717, 1.165) is 0 Å². The van der Waals surface area contributed by atoms with Gasteiger partial charge >= 0.3 is 11.9 Å². The van der Waals surface area contributed by atoms with Crippen LogP contribution in [-0.2, 0) is 19.1 Å². The molecular formula is C24H23N3O5. The summed E-state index contributed by atoms with van der Waals surface area (Å²) in [5.74, 6) is -2.13. The molecule has 1 atom stereocenters. The lowest BCUT2D eigenvalue weighted by Crippen LogP contribution is -2.41. The molecule has 1 aliphatic heterocycles. The molecule has 0 radical (unpaired) electrons. The summed E-state index contributed by atoms with van der Waals surface area (Å²) in [7, 11) is 3.89. The molecule has 0 bridgehead atoms. The molecule has 0 aromatic heterocycles. The number of nitriles is 1. The molecule has 8 nitrogen and oxygen atoms in total. The zero-order valence-electron chi connectivity index (χ0n) is 18.2. The van der Waals surface area contributed by atoms with Gasteiger partial charge in [0.05, 0.1) is 50.2 Å². The van der Waals surface area contributed by atoms with E-state index in [1.165, 1.54) is 26.2 Å². The van der Waals surface area contributed by atoms with Crippen molar-refractivity contribution in [1.82, 2.24) is 0 Å². The van der Waals surface area contributed by atoms with E-state index in [9.17, 15) is 14.9 Å². The van der Waals surface area contributed by atoms with Crippen LogP contribution in [-0.4, -0.2) is 33.3 Å². The van der Waals surface area contributed by atoms with Gasteiger partial charge in [0.2, 0.25) is 0 Å². The van der Waals surface area contributed by atoms with Gasteiger partial charge in [0.25, 0.3) is 0 Å². The number of hydrogen-bond acceptors (Lipinski definition) is 8. The number of carbonyl (C=O) groups excluding carboxylic acids is 2. The minimum absolute atomic E-state index is 0.0120. The van der Waals surface area contributed by atoms with Crippen LogP contribution in [0.4, 0.5) is 5.69 Å². The number of allylic oxidation sites excluding steroid dienone is 1. The quantitative estimate of drug-likeness (QED) is 0.716. The summed E-state index contributed by atoms with van der Waals surface area (Å²) in [5, 5.41) is 10.1. The first-order valence-electron chi connectivity index (χ1n) is 9.70. The van der Waals surface area contributed by atoms with Crippen molar-refractivity contribution in [2.75, 3.05) is 26.2 Å². The molecule has 0 spiro atoms. The Kier molecular flexibility index (Phi) is 6.50. The number of rotatable bonds is 5. The Hall–Kier alpha value is -4.25. The Labute approximate surface area is 186 Å². The average molecular weight is 433 g/mol. The van der Waals surface area contributed by atoms with Crippen LogP contribution in [0.2, 0.25) is 0 Å². The maximum Gasteiger partial charge on any atom is 0.355 e. The predicted octanol–water partition coefficient (Wildman–Crippen LogP) is 2.90. The molecule has 0 aliphatic carbocycles. The van der Waals surface area contributed by atoms with E-state index in [4.69, 9.17) is 19.9 Å². The standard InChI is InChI=1S/C24H23N3O5/c1-14-9-8-12-17(30-2)20(14)27-21(24(29)32-4)19(23(28)31-3)18(16(13-25)22(27)26)15-10-6-5-7-11-15/h5-12,18H,26H2,1-4H3. The molecular weight excluding hydrogens is 410 g/mol. The van der Waals surface area contributed by atoms with Crippen molar-refractivity contribution >= 4 is 17.6 Å². The fraction of sp³-hybridized carbons (Fsp3) is 0.208. The molecule has 32 heavy (non-hydrogen) atoms. The number of anilines is 1. The van der Waals surface area contributed by atoms with Crippen molar-refractivity contribution in [3.05, 3.63) is 82.3 Å². The third-order valence-electron chi connectivity index (χ3n) is 5.25. The Balaban J connectivity index is 2.48. The Morgan fingerprint density at radius 3 is 2.22 bits per heavy atom. The summed E-state index contributed by atoms with van der Waals surface area (Å²) in [6.45, 7) is 1.80. The maximum atomic E-state index is 13.1. The number of hydrogen-bond donors (Lipinski definition) is 1. The van der Waals surface area contributed by atoms with Gasteiger partial charge in [-0.25, -0.2) is 9.59 Å². The summed E-state index contributed by atoms with van der Waals surface area (Å²) < 4.78 is 15.6. The van der Waals surface area contributed by atoms with Gasteiger partial charge in [-0.05, 0) is 24.1 Å². The van der Waals surface area contributed by atoms with E-state index in [-0.39, 0.29) is 22.7 Å². The second-order valence-corrected chi connectivity index (χ2v) is 6.96. The molecule has 8 heteroatoms. The van der Waals surface area contributed by atoms with Gasteiger partial charge in [-0.3, -0.25) is 4.90 Å². The lowest BCUT2D eigenvalue weighted by Gasteiger charge is -2.37. The highest BCUT2D eigenvalue weighted by Gasteiger charge is 2.43. The van der Waals surface area contributed by atoms with Gasteiger partial charge in [0.15, 0.2) is 0 Å². The molecule has 1 aliphatic rings. The van der Waals surface area contributed by atoms with E-state index in [2.05, 4.69) is 6.07 Å². The number of nitrogens with two attached hydrogens (primary N) is 1. The molecule has 2 N–H and O–H groups in total. The number of benzene rings is 2. The first kappa shape index (κ1) is 22.4. The maximum absolute atomic E-state index is 13.1. The molecule has 1 heterocycles. The minimum atomic E-state index is -0.922. The van der Waals surface area contributed by atoms with Gasteiger partial charge in [0.1, 0.15) is 17.3 Å². The van der Waals surface area contributed by atoms with Gasteiger partial charge in [0, 0.05) is 0 Å². The normalized spacial score (nSPS) is 15.8. The van der Waals surface area contributed by atoms with Crippen LogP contribution >= 0.6 is 0 Å². The summed E-state index contributed by atoms with van der Waals surface area (Å²) in [5.41, 5.74) is 8.12. The fourth-order valence-corrected chi connectivity index (χ4v) is 3.83. The third-order valence-corrected chi connectivity index (χ3v) is 5.25. The Morgan fingerprint density at radius 2 is 1.66 bits per heavy atom. The Morgan fingerprint density at radius 1 is 1.00 bits per heavy atom. The van der Waals surface area contributed by atoms with E-state index in [0.29, 0.717) is 22.6 Å². The van der Waals surface area contributed by atoms with Crippen molar-refractivity contribution in [3.63, 3.8) is 0 Å². The van der Waals surface area contributed by atoms with Crippen molar-refractivity contribution in [1.29, 1.82) is 5.26 Å². The molecule has 164 valence electrons. The van der Waals surface area contributed by atoms with Crippen molar-refractivity contribution in [2.24, 2.45) is 5.73 Å². The molecule has 2 aromatic carbocycles. The molecule has 0 amide bonds. The highest BCUT2D eigenvalue weighted by Crippen LogP contribution is 2.46. The van der Waals surface area contributed by atoms with E-state index in [1.807, 2.05) is 0 Å². The van der Waals surface area contributed by atoms with Crippen LogP contribution < -0.4 is 15.4 Å². The van der Waals surface area contributed by atoms with E-state index in [1.54, 1.807) is 55.5 Å². The molecule has 0 saturated carbocycles. The fourth-order valence-electron chi connectivity index (χ4n) is 3.83. The van der Waals surface area contributed by atoms with Crippen LogP contribution in [0.15, 0.2) is 71.2 Å². The first-order valence-corrected chi connectivity index (χ1v) is 9.70. The zero-order chi connectivity index (χ0) is 23.4. The third kappa shape index (κ3) is 3.65. The topological polar surface area (TPSA) is 115 Å². The second-order valence-electron chi connectivity index (χ2n) is 6.96. The number of aryl methyl sites for hydroxylation is 1. The molecule has 1 unspecified atom stereocenters. The summed E-state index contributed by atoms with van der Waals surface area (Å²) in [6, 6.07) is 16.2. The number of ether oxygens (including phenoxy) is 3. The number of methoxy groups -OCH3 is 3. The number of esters is 2. The number of nitrogens with zero attached hydrogens (tertiary/aromatic N) is 2. The smallest absolute Gasteiger partial charge is 0.355 e. The summed E-state index contributed by atoms with van der Waals surface area (Å²) >= 11 is 0. The lowest BCUT2D eigenvalue weighted by molar-refractivity contribution is -0.139. The monoisotopic (exact) mass is 433 g/mol. The lowest BCUT2D eigenvalue weighted by atomic mass is 9.80. The molecule has 2 aromatic rings. The first-order chi connectivity index (χ1) is 15.4. The van der Waals surface area contributed by atoms with Crippen LogP contribution in [0.1, 0.15) is 17.0 Å². The second kappa shape index (κ2) is 9.27. The van der Waals surface area contributed by atoms with Crippen molar-refractivity contribution in [3.8, 4) is 11.8 Å². The van der Waals surface area contributed by atoms with E-state index >= 15 is 0 Å². The van der Waals surface area contributed by atoms with Gasteiger partial charge in [-0.2, -0.15) is 5.26 Å². The van der Waals surface area contributed by atoms with Crippen LogP contribution in [0.25, 0.3) is 0 Å². The average Bonchev–Trinajstić information content (AvgIpc) is 2.82. The van der Waals surface area contributed by atoms with Gasteiger partial charge in [-0.15, -0.1) is 0 Å². The summed E-state index contributed by atoms with van der Waals surface area (Å²) in [4.78, 5) is 27.5. The molecule has 0 saturated heterocycles. The highest BCUT2D eigenvalue weighted by molar-refractivity contribution is 6.06. The SMILES string of the molecule is COC(=O)C1=C(C(=O)OC)N(c2c(C)cccc2OC)C(N)=C(C#N)C1c1ccccc1. The number of para-hydroxylation sites is 1. The van der Waals surface area contributed by atoms with Gasteiger partial charge < -0.3 is 19.9 Å². The number of carbonyl (C=O) groups is 2. The van der Waals surface area contributed by atoms with Crippen LogP contribution in [0.3, 0.4) is 0 Å². The molecule has 3 rings (SSSR count). The largest absolute Gasteiger partial charge is 0.495 e. The highest BCUT2D eigenvalue weighted by atomic mass is 16.5. The van der Waals surface area contributed by atoms with Crippen LogP contribution in [0, 0.1) is 18.3 Å². The molecule has 0 fully saturated rings. The van der Waals surface area contributed by atoms with E-state index < -0.39 is 17.9 Å².